The zero-order valence-electron chi connectivity index (χ0n) is 12.0. The van der Waals surface area contributed by atoms with Gasteiger partial charge in [-0.3, -0.25) is 4.90 Å². The number of carbonyl (C=O) groups excluding carboxylic acids is 1. The quantitative estimate of drug-likeness (QED) is 0.623. The van der Waals surface area contributed by atoms with Crippen LogP contribution >= 0.6 is 0 Å². The average Bonchev–Trinajstić information content (AvgIpc) is 2.16. The van der Waals surface area contributed by atoms with Crippen molar-refractivity contribution in [2.75, 3.05) is 27.2 Å². The number of carbonyl (C=O) groups is 1. The third kappa shape index (κ3) is 4.22. The molecule has 0 N–H and O–H groups in total. The molecule has 0 aliphatic rings. The minimum absolute atomic E-state index is 0.00562. The summed E-state index contributed by atoms with van der Waals surface area (Å²) in [5.74, 6) is 0. The van der Waals surface area contributed by atoms with Gasteiger partial charge in [-0.25, -0.2) is 0 Å². The van der Waals surface area contributed by atoms with E-state index in [-0.39, 0.29) is 5.54 Å². The number of rotatable bonds is 7. The van der Waals surface area contributed by atoms with Gasteiger partial charge in [0, 0.05) is 12.1 Å². The van der Waals surface area contributed by atoms with Gasteiger partial charge in [0.15, 0.2) is 0 Å². The molecule has 96 valence electrons. The summed E-state index contributed by atoms with van der Waals surface area (Å²) in [6.07, 6.45) is 2.18. The predicted molar refractivity (Wildman–Crippen MR) is 69.8 cm³/mol. The molecule has 0 spiro atoms. The van der Waals surface area contributed by atoms with Crippen LogP contribution in [0.3, 0.4) is 0 Å². The molecule has 3 nitrogen and oxygen atoms in total. The van der Waals surface area contributed by atoms with Gasteiger partial charge in [0.1, 0.15) is 6.29 Å². The second-order valence-electron chi connectivity index (χ2n) is 5.88. The molecule has 0 unspecified atom stereocenters. The van der Waals surface area contributed by atoms with Crippen molar-refractivity contribution >= 4 is 6.29 Å². The van der Waals surface area contributed by atoms with Crippen molar-refractivity contribution in [3.63, 3.8) is 0 Å². The highest BCUT2D eigenvalue weighted by molar-refractivity contribution is 5.62. The van der Waals surface area contributed by atoms with Gasteiger partial charge in [-0.2, -0.15) is 0 Å². The van der Waals surface area contributed by atoms with E-state index >= 15 is 0 Å². The molecule has 0 bridgehead atoms. The highest BCUT2D eigenvalue weighted by atomic mass is 16.1. The molecule has 0 aromatic carbocycles. The fourth-order valence-corrected chi connectivity index (χ4v) is 2.09. The van der Waals surface area contributed by atoms with Crippen LogP contribution in [-0.4, -0.2) is 54.3 Å². The molecule has 0 saturated carbocycles. The molecular weight excluding hydrogens is 200 g/mol. The van der Waals surface area contributed by atoms with Crippen molar-refractivity contribution in [3.05, 3.63) is 0 Å². The summed E-state index contributed by atoms with van der Waals surface area (Å²) in [5, 5.41) is 0. The lowest BCUT2D eigenvalue weighted by molar-refractivity contribution is -0.119. The third-order valence-corrected chi connectivity index (χ3v) is 3.32. The maximum absolute atomic E-state index is 11.1. The first-order valence-electron chi connectivity index (χ1n) is 6.06. The molecule has 3 heteroatoms. The lowest BCUT2D eigenvalue weighted by Gasteiger charge is -2.45. The summed E-state index contributed by atoms with van der Waals surface area (Å²) in [6, 6.07) is 0. The minimum atomic E-state index is -0.406. The van der Waals surface area contributed by atoms with E-state index in [1.165, 1.54) is 0 Å². The molecule has 0 fully saturated rings. The van der Waals surface area contributed by atoms with Gasteiger partial charge < -0.3 is 9.69 Å². The van der Waals surface area contributed by atoms with Crippen LogP contribution in [0.1, 0.15) is 41.0 Å². The Balaban J connectivity index is 4.59. The van der Waals surface area contributed by atoms with Crippen molar-refractivity contribution in [1.29, 1.82) is 0 Å². The first kappa shape index (κ1) is 15.6. The molecule has 0 amide bonds. The smallest absolute Gasteiger partial charge is 0.139 e. The van der Waals surface area contributed by atoms with Gasteiger partial charge in [-0.1, -0.05) is 6.92 Å². The topological polar surface area (TPSA) is 23.6 Å². The Hall–Kier alpha value is -0.410. The average molecular weight is 228 g/mol. The summed E-state index contributed by atoms with van der Waals surface area (Å²) in [5.41, 5.74) is -0.412. The fraction of sp³-hybridized carbons (Fsp3) is 0.923. The van der Waals surface area contributed by atoms with Gasteiger partial charge in [-0.15, -0.1) is 0 Å². The van der Waals surface area contributed by atoms with E-state index in [0.717, 1.165) is 25.8 Å². The van der Waals surface area contributed by atoms with E-state index in [4.69, 9.17) is 0 Å². The van der Waals surface area contributed by atoms with E-state index in [1.807, 2.05) is 20.9 Å². The Labute approximate surface area is 101 Å². The van der Waals surface area contributed by atoms with Crippen molar-refractivity contribution in [2.24, 2.45) is 0 Å². The Kier molecular flexibility index (Phi) is 5.63. The lowest BCUT2D eigenvalue weighted by atomic mass is 9.94. The molecule has 0 heterocycles. The van der Waals surface area contributed by atoms with Crippen molar-refractivity contribution in [3.8, 4) is 0 Å². The molecular formula is C13H28N2O. The zero-order valence-corrected chi connectivity index (χ0v) is 12.0. The van der Waals surface area contributed by atoms with Crippen LogP contribution in [-0.2, 0) is 4.79 Å². The number of hydrogen-bond acceptors (Lipinski definition) is 3. The van der Waals surface area contributed by atoms with Crippen LogP contribution < -0.4 is 0 Å². The molecule has 0 aliphatic carbocycles. The van der Waals surface area contributed by atoms with Gasteiger partial charge in [0.2, 0.25) is 0 Å². The summed E-state index contributed by atoms with van der Waals surface area (Å²) in [4.78, 5) is 15.5. The minimum Gasteiger partial charge on any atom is -0.305 e. The van der Waals surface area contributed by atoms with E-state index < -0.39 is 5.54 Å². The highest BCUT2D eigenvalue weighted by Crippen LogP contribution is 2.22. The second-order valence-corrected chi connectivity index (χ2v) is 5.88. The molecule has 0 rings (SSSR count). The fourth-order valence-electron chi connectivity index (χ4n) is 2.09. The van der Waals surface area contributed by atoms with E-state index in [2.05, 4.69) is 37.6 Å². The van der Waals surface area contributed by atoms with E-state index in [1.54, 1.807) is 0 Å². The Morgan fingerprint density at radius 2 is 1.62 bits per heavy atom. The molecule has 0 aromatic rings. The van der Waals surface area contributed by atoms with E-state index in [9.17, 15) is 4.79 Å². The number of likely N-dealkylation sites (N-methyl/N-ethyl adjacent to an activating group) is 2. The second kappa shape index (κ2) is 5.78. The van der Waals surface area contributed by atoms with E-state index in [0.29, 0.717) is 0 Å². The van der Waals surface area contributed by atoms with Crippen molar-refractivity contribution in [2.45, 2.75) is 52.1 Å². The van der Waals surface area contributed by atoms with Crippen molar-refractivity contribution < 1.29 is 4.79 Å². The van der Waals surface area contributed by atoms with Crippen LogP contribution in [0.25, 0.3) is 0 Å². The first-order valence-corrected chi connectivity index (χ1v) is 6.06. The SMILES string of the molecule is CCCN(C)CC(C)(C)N(C)C(C)(C)C=O. The summed E-state index contributed by atoms with van der Waals surface area (Å²) >= 11 is 0. The monoisotopic (exact) mass is 228 g/mol. The number of hydrogen-bond donors (Lipinski definition) is 0. The molecule has 0 aliphatic heterocycles. The summed E-state index contributed by atoms with van der Waals surface area (Å²) in [6.45, 7) is 12.5. The molecule has 0 radical (unpaired) electrons. The summed E-state index contributed by atoms with van der Waals surface area (Å²) in [7, 11) is 4.15. The normalized spacial score (nSPS) is 13.6. The van der Waals surface area contributed by atoms with Crippen LogP contribution in [0.15, 0.2) is 0 Å². The third-order valence-electron chi connectivity index (χ3n) is 3.32. The molecule has 0 saturated heterocycles. The first-order chi connectivity index (χ1) is 7.17. The van der Waals surface area contributed by atoms with Crippen LogP contribution in [0.4, 0.5) is 0 Å². The maximum Gasteiger partial charge on any atom is 0.139 e. The molecule has 16 heavy (non-hydrogen) atoms. The Morgan fingerprint density at radius 1 is 1.12 bits per heavy atom. The molecule has 0 atom stereocenters. The Morgan fingerprint density at radius 3 is 2.00 bits per heavy atom. The number of aldehydes is 1. The largest absolute Gasteiger partial charge is 0.305 e. The summed E-state index contributed by atoms with van der Waals surface area (Å²) < 4.78 is 0. The van der Waals surface area contributed by atoms with Crippen LogP contribution in [0, 0.1) is 0 Å². The van der Waals surface area contributed by atoms with Gasteiger partial charge in [-0.05, 0) is 54.8 Å². The van der Waals surface area contributed by atoms with Gasteiger partial charge in [0.25, 0.3) is 0 Å². The Bertz CT molecular complexity index is 224. The highest BCUT2D eigenvalue weighted by Gasteiger charge is 2.35. The number of nitrogens with zero attached hydrogens (tertiary/aromatic N) is 2. The molecule has 0 aromatic heterocycles. The standard InChI is InChI=1S/C13H28N2O/c1-8-9-14(6)10-12(2,3)15(7)13(4,5)11-16/h11H,8-10H2,1-7H3. The lowest BCUT2D eigenvalue weighted by Crippen LogP contribution is -2.58. The maximum atomic E-state index is 11.1. The van der Waals surface area contributed by atoms with Gasteiger partial charge >= 0.3 is 0 Å². The van der Waals surface area contributed by atoms with Gasteiger partial charge in [0.05, 0.1) is 5.54 Å². The van der Waals surface area contributed by atoms with Crippen LogP contribution in [0.5, 0.6) is 0 Å². The predicted octanol–water partition coefficient (Wildman–Crippen LogP) is 2.02. The van der Waals surface area contributed by atoms with Crippen LogP contribution in [0.2, 0.25) is 0 Å². The zero-order chi connectivity index (χ0) is 13.0. The van der Waals surface area contributed by atoms with Crippen molar-refractivity contribution in [1.82, 2.24) is 9.80 Å².